The van der Waals surface area contributed by atoms with E-state index < -0.39 is 0 Å². The Balaban J connectivity index is 1.57. The molecule has 5 aliphatic rings. The zero-order valence-electron chi connectivity index (χ0n) is 21.7. The molecule has 174 valence electrons. The summed E-state index contributed by atoms with van der Waals surface area (Å²) in [7, 11) is 0. The van der Waals surface area contributed by atoms with Crippen LogP contribution in [0.25, 0.3) is 0 Å². The molecule has 0 heterocycles. The first-order chi connectivity index (χ1) is 14.3. The molecule has 0 saturated heterocycles. The van der Waals surface area contributed by atoms with E-state index in [9.17, 15) is 4.79 Å². The van der Waals surface area contributed by atoms with Gasteiger partial charge < -0.3 is 0 Å². The minimum Gasteiger partial charge on any atom is -0.294 e. The van der Waals surface area contributed by atoms with Gasteiger partial charge in [-0.25, -0.2) is 0 Å². The summed E-state index contributed by atoms with van der Waals surface area (Å²) in [5, 5.41) is 0. The molecule has 0 aromatic rings. The summed E-state index contributed by atoms with van der Waals surface area (Å²) in [4.78, 5) is 12.8. The maximum atomic E-state index is 12.8. The quantitative estimate of drug-likeness (QED) is 0.415. The number of ketones is 1. The number of fused-ring (bicyclic) bond motifs is 7. The van der Waals surface area contributed by atoms with Crippen molar-refractivity contribution in [1.82, 2.24) is 0 Å². The molecule has 31 heavy (non-hydrogen) atoms. The minimum atomic E-state index is -0.206. The van der Waals surface area contributed by atoms with E-state index in [1.165, 1.54) is 51.4 Å². The standard InChI is InChI=1S/C30H48O/c1-19(2)20-11-14-27(5)17-18-29(7)21(25(20)27)9-10-23-28(6)15-13-24(31)26(3,4)22(28)12-16-30(23,29)8/h13,15,19-23,25H,9-12,14,16-18H2,1-8H3/t20-,21+,22-,23+,25+,27+,28+,29+,30-/m0/s1. The maximum Gasteiger partial charge on any atom is 0.161 e. The molecule has 0 amide bonds. The predicted octanol–water partition coefficient (Wildman–Crippen LogP) is 8.09. The Morgan fingerprint density at radius 2 is 1.52 bits per heavy atom. The Hall–Kier alpha value is -0.590. The van der Waals surface area contributed by atoms with Gasteiger partial charge in [0.2, 0.25) is 0 Å². The van der Waals surface area contributed by atoms with Crippen molar-refractivity contribution in [2.24, 2.45) is 62.6 Å². The van der Waals surface area contributed by atoms with Gasteiger partial charge in [-0.2, -0.15) is 0 Å². The van der Waals surface area contributed by atoms with Crippen LogP contribution in [0.15, 0.2) is 12.2 Å². The molecule has 0 radical (unpaired) electrons. The van der Waals surface area contributed by atoms with Crippen LogP contribution in [0.5, 0.6) is 0 Å². The van der Waals surface area contributed by atoms with E-state index in [0.29, 0.717) is 33.9 Å². The smallest absolute Gasteiger partial charge is 0.161 e. The van der Waals surface area contributed by atoms with Gasteiger partial charge in [-0.15, -0.1) is 0 Å². The van der Waals surface area contributed by atoms with Gasteiger partial charge in [0.1, 0.15) is 0 Å². The second kappa shape index (κ2) is 6.50. The molecule has 0 unspecified atom stereocenters. The van der Waals surface area contributed by atoms with Crippen molar-refractivity contribution in [3.63, 3.8) is 0 Å². The summed E-state index contributed by atoms with van der Waals surface area (Å²) in [5.41, 5.74) is 1.40. The second-order valence-corrected chi connectivity index (χ2v) is 14.6. The van der Waals surface area contributed by atoms with Crippen LogP contribution in [-0.2, 0) is 4.79 Å². The van der Waals surface area contributed by atoms with Crippen LogP contribution >= 0.6 is 0 Å². The molecule has 0 N–H and O–H groups in total. The van der Waals surface area contributed by atoms with E-state index in [0.717, 1.165) is 23.7 Å². The van der Waals surface area contributed by atoms with E-state index in [2.05, 4.69) is 61.5 Å². The fourth-order valence-electron chi connectivity index (χ4n) is 11.0. The molecule has 0 aromatic heterocycles. The summed E-state index contributed by atoms with van der Waals surface area (Å²) >= 11 is 0. The highest BCUT2D eigenvalue weighted by atomic mass is 16.1. The van der Waals surface area contributed by atoms with E-state index in [4.69, 9.17) is 0 Å². The molecule has 1 heteroatoms. The molecule has 4 saturated carbocycles. The largest absolute Gasteiger partial charge is 0.294 e. The number of hydrogen-bond acceptors (Lipinski definition) is 1. The molecular formula is C30H48O. The molecule has 1 nitrogen and oxygen atoms in total. The normalized spacial score (nSPS) is 55.4. The summed E-state index contributed by atoms with van der Waals surface area (Å²) in [6, 6.07) is 0. The van der Waals surface area contributed by atoms with Gasteiger partial charge in [-0.3, -0.25) is 4.79 Å². The molecule has 5 rings (SSSR count). The average molecular weight is 425 g/mol. The third kappa shape index (κ3) is 2.59. The molecular weight excluding hydrogens is 376 g/mol. The van der Waals surface area contributed by atoms with Crippen LogP contribution in [0.4, 0.5) is 0 Å². The van der Waals surface area contributed by atoms with Gasteiger partial charge in [0.15, 0.2) is 5.78 Å². The van der Waals surface area contributed by atoms with Crippen LogP contribution < -0.4 is 0 Å². The van der Waals surface area contributed by atoms with E-state index >= 15 is 0 Å². The zero-order valence-corrected chi connectivity index (χ0v) is 21.7. The molecule has 0 aromatic carbocycles. The molecule has 5 aliphatic carbocycles. The summed E-state index contributed by atoms with van der Waals surface area (Å²) in [5.74, 6) is 5.14. The fraction of sp³-hybridized carbons (Fsp3) is 0.900. The van der Waals surface area contributed by atoms with Crippen molar-refractivity contribution in [1.29, 1.82) is 0 Å². The highest BCUT2D eigenvalue weighted by Crippen LogP contribution is 2.76. The highest BCUT2D eigenvalue weighted by molar-refractivity contribution is 5.95. The number of hydrogen-bond donors (Lipinski definition) is 0. The Bertz CT molecular complexity index is 805. The third-order valence-corrected chi connectivity index (χ3v) is 13.0. The third-order valence-electron chi connectivity index (χ3n) is 13.0. The van der Waals surface area contributed by atoms with Gasteiger partial charge in [0, 0.05) is 5.41 Å². The lowest BCUT2D eigenvalue weighted by molar-refractivity contribution is -0.218. The molecule has 0 spiro atoms. The first-order valence-electron chi connectivity index (χ1n) is 13.5. The van der Waals surface area contributed by atoms with E-state index in [1.54, 1.807) is 0 Å². The van der Waals surface area contributed by atoms with Crippen LogP contribution in [-0.4, -0.2) is 5.78 Å². The summed E-state index contributed by atoms with van der Waals surface area (Å²) in [6.07, 6.45) is 15.5. The van der Waals surface area contributed by atoms with E-state index in [1.807, 2.05) is 6.08 Å². The molecule has 4 fully saturated rings. The Morgan fingerprint density at radius 1 is 0.806 bits per heavy atom. The second-order valence-electron chi connectivity index (χ2n) is 14.6. The Morgan fingerprint density at radius 3 is 2.19 bits per heavy atom. The number of carbonyl (C=O) groups excluding carboxylic acids is 1. The van der Waals surface area contributed by atoms with Crippen molar-refractivity contribution >= 4 is 5.78 Å². The van der Waals surface area contributed by atoms with Gasteiger partial charge in [0.05, 0.1) is 0 Å². The average Bonchev–Trinajstić information content (AvgIpc) is 3.04. The predicted molar refractivity (Wildman–Crippen MR) is 130 cm³/mol. The van der Waals surface area contributed by atoms with Crippen molar-refractivity contribution < 1.29 is 4.79 Å². The summed E-state index contributed by atoms with van der Waals surface area (Å²) < 4.78 is 0. The lowest BCUT2D eigenvalue weighted by atomic mass is 9.33. The lowest BCUT2D eigenvalue weighted by Crippen LogP contribution is -2.65. The number of rotatable bonds is 1. The van der Waals surface area contributed by atoms with Gasteiger partial charge in [0.25, 0.3) is 0 Å². The van der Waals surface area contributed by atoms with Crippen LogP contribution in [0.2, 0.25) is 0 Å². The van der Waals surface area contributed by atoms with E-state index in [-0.39, 0.29) is 10.8 Å². The SMILES string of the molecule is CC(C)[C@@H]1CC[C@]2(C)CC[C@]3(C)[C@H](CC[C@@H]4[C@]5(C)C=CC(=O)C(C)(C)[C@@H]5CC[C@@]43C)[C@@H]12. The fourth-order valence-corrected chi connectivity index (χ4v) is 11.0. The van der Waals surface area contributed by atoms with Crippen LogP contribution in [0.3, 0.4) is 0 Å². The zero-order chi connectivity index (χ0) is 22.6. The summed E-state index contributed by atoms with van der Waals surface area (Å²) in [6.45, 7) is 20.1. The minimum absolute atomic E-state index is 0.173. The van der Waals surface area contributed by atoms with Gasteiger partial charge in [-0.05, 0) is 115 Å². The van der Waals surface area contributed by atoms with Crippen LogP contribution in [0.1, 0.15) is 107 Å². The lowest BCUT2D eigenvalue weighted by Gasteiger charge is -2.71. The Labute approximate surface area is 192 Å². The van der Waals surface area contributed by atoms with Gasteiger partial charge >= 0.3 is 0 Å². The highest BCUT2D eigenvalue weighted by Gasteiger charge is 2.69. The molecule has 0 bridgehead atoms. The van der Waals surface area contributed by atoms with Crippen LogP contribution in [0, 0.1) is 62.6 Å². The van der Waals surface area contributed by atoms with Crippen molar-refractivity contribution in [3.05, 3.63) is 12.2 Å². The van der Waals surface area contributed by atoms with Crippen molar-refractivity contribution in [2.75, 3.05) is 0 Å². The number of allylic oxidation sites excluding steroid dienone is 2. The van der Waals surface area contributed by atoms with Gasteiger partial charge in [-0.1, -0.05) is 61.5 Å². The molecule has 0 aliphatic heterocycles. The van der Waals surface area contributed by atoms with Crippen molar-refractivity contribution in [3.8, 4) is 0 Å². The maximum absolute atomic E-state index is 12.8. The first-order valence-corrected chi connectivity index (χ1v) is 13.5. The van der Waals surface area contributed by atoms with Crippen molar-refractivity contribution in [2.45, 2.75) is 107 Å². The first kappa shape index (κ1) is 22.2. The topological polar surface area (TPSA) is 17.1 Å². The monoisotopic (exact) mass is 424 g/mol. The number of carbonyl (C=O) groups is 1. The molecule has 9 atom stereocenters. The Kier molecular flexibility index (Phi) is 4.66.